The van der Waals surface area contributed by atoms with Crippen LogP contribution in [0, 0.1) is 6.92 Å². The van der Waals surface area contributed by atoms with Crippen LogP contribution in [0.25, 0.3) is 0 Å². The second-order valence-corrected chi connectivity index (χ2v) is 7.04. The van der Waals surface area contributed by atoms with Crippen molar-refractivity contribution in [2.75, 3.05) is 38.0 Å². The minimum absolute atomic E-state index is 0.0161. The van der Waals surface area contributed by atoms with E-state index in [0.29, 0.717) is 23.8 Å². The maximum absolute atomic E-state index is 12.5. The van der Waals surface area contributed by atoms with Crippen molar-refractivity contribution in [1.82, 2.24) is 9.80 Å². The summed E-state index contributed by atoms with van der Waals surface area (Å²) in [6.07, 6.45) is 4.77. The Bertz CT molecular complexity index is 598. The Hall–Kier alpha value is -1.59. The Morgan fingerprint density at radius 1 is 1.20 bits per heavy atom. The Morgan fingerprint density at radius 2 is 1.88 bits per heavy atom. The highest BCUT2D eigenvalue weighted by atomic mass is 35.5. The highest BCUT2D eigenvalue weighted by molar-refractivity contribution is 6.31. The molecule has 2 amide bonds. The van der Waals surface area contributed by atoms with E-state index in [0.717, 1.165) is 31.5 Å². The number of likely N-dealkylation sites (N-methyl/N-ethyl adjacent to an activating group) is 1. The molecule has 1 aromatic carbocycles. The maximum atomic E-state index is 12.5. The third-order valence-corrected chi connectivity index (χ3v) is 4.84. The topological polar surface area (TPSA) is 52.7 Å². The van der Waals surface area contributed by atoms with Crippen molar-refractivity contribution < 1.29 is 9.59 Å². The van der Waals surface area contributed by atoms with Gasteiger partial charge in [-0.05, 0) is 57.5 Å². The van der Waals surface area contributed by atoms with E-state index in [1.807, 2.05) is 19.9 Å². The van der Waals surface area contributed by atoms with Gasteiger partial charge in [-0.15, -0.1) is 0 Å². The second kappa shape index (κ2) is 9.78. The number of aryl methyl sites for hydroxylation is 1. The summed E-state index contributed by atoms with van der Waals surface area (Å²) in [5.74, 6) is -0.182. The molecule has 0 aliphatic carbocycles. The molecular weight excluding hydrogens is 338 g/mol. The Labute approximate surface area is 155 Å². The van der Waals surface area contributed by atoms with Gasteiger partial charge in [0.25, 0.3) is 0 Å². The van der Waals surface area contributed by atoms with Crippen molar-refractivity contribution in [1.29, 1.82) is 0 Å². The van der Waals surface area contributed by atoms with Gasteiger partial charge in [-0.25, -0.2) is 0 Å². The Balaban J connectivity index is 1.90. The number of nitrogens with zero attached hydrogens (tertiary/aromatic N) is 2. The van der Waals surface area contributed by atoms with E-state index in [9.17, 15) is 9.59 Å². The average Bonchev–Trinajstić information content (AvgIpc) is 2.84. The first-order valence-corrected chi connectivity index (χ1v) is 9.43. The van der Waals surface area contributed by atoms with E-state index in [-0.39, 0.29) is 18.4 Å². The van der Waals surface area contributed by atoms with Crippen LogP contribution in [0.15, 0.2) is 18.2 Å². The van der Waals surface area contributed by atoms with Crippen molar-refractivity contribution in [3.63, 3.8) is 0 Å². The smallest absolute Gasteiger partial charge is 0.244 e. The largest absolute Gasteiger partial charge is 0.333 e. The van der Waals surface area contributed by atoms with Gasteiger partial charge in [0.15, 0.2) is 0 Å². The predicted octanol–water partition coefficient (Wildman–Crippen LogP) is 3.31. The van der Waals surface area contributed by atoms with Crippen LogP contribution < -0.4 is 5.32 Å². The first-order valence-electron chi connectivity index (χ1n) is 9.05. The first-order chi connectivity index (χ1) is 12.0. The number of rotatable bonds is 6. The lowest BCUT2D eigenvalue weighted by Gasteiger charge is -2.25. The molecular formula is C19H28ClN3O2. The summed E-state index contributed by atoms with van der Waals surface area (Å²) >= 11 is 5.98. The molecule has 5 nitrogen and oxygen atoms in total. The quantitative estimate of drug-likeness (QED) is 0.841. The van der Waals surface area contributed by atoms with Gasteiger partial charge in [0.05, 0.1) is 13.1 Å². The summed E-state index contributed by atoms with van der Waals surface area (Å²) in [4.78, 5) is 28.7. The molecule has 2 rings (SSSR count). The molecule has 1 aliphatic heterocycles. The van der Waals surface area contributed by atoms with Crippen LogP contribution in [0.1, 0.15) is 38.2 Å². The van der Waals surface area contributed by atoms with E-state index >= 15 is 0 Å². The van der Waals surface area contributed by atoms with E-state index in [1.54, 1.807) is 17.0 Å². The van der Waals surface area contributed by atoms with Crippen LogP contribution >= 0.6 is 11.6 Å². The van der Waals surface area contributed by atoms with Crippen LogP contribution in [0.2, 0.25) is 5.02 Å². The first kappa shape index (κ1) is 19.7. The van der Waals surface area contributed by atoms with Gasteiger partial charge in [0, 0.05) is 17.3 Å². The molecule has 0 aromatic heterocycles. The van der Waals surface area contributed by atoms with Crippen LogP contribution in [-0.2, 0) is 9.59 Å². The van der Waals surface area contributed by atoms with Crippen LogP contribution in [0.5, 0.6) is 0 Å². The Morgan fingerprint density at radius 3 is 2.52 bits per heavy atom. The molecule has 0 unspecified atom stereocenters. The average molecular weight is 366 g/mol. The van der Waals surface area contributed by atoms with Crippen LogP contribution in [0.3, 0.4) is 0 Å². The summed E-state index contributed by atoms with van der Waals surface area (Å²) in [7, 11) is 0. The van der Waals surface area contributed by atoms with Crippen LogP contribution in [-0.4, -0.2) is 54.3 Å². The fourth-order valence-electron chi connectivity index (χ4n) is 3.05. The second-order valence-electron chi connectivity index (χ2n) is 6.61. The fourth-order valence-corrected chi connectivity index (χ4v) is 3.23. The van der Waals surface area contributed by atoms with Gasteiger partial charge in [-0.1, -0.05) is 30.5 Å². The molecule has 1 aromatic rings. The number of amides is 2. The lowest BCUT2D eigenvalue weighted by molar-refractivity contribution is -0.135. The lowest BCUT2D eigenvalue weighted by atomic mass is 10.2. The van der Waals surface area contributed by atoms with E-state index in [4.69, 9.17) is 11.6 Å². The summed E-state index contributed by atoms with van der Waals surface area (Å²) in [5.41, 5.74) is 1.63. The van der Waals surface area contributed by atoms with Crippen molar-refractivity contribution in [3.8, 4) is 0 Å². The van der Waals surface area contributed by atoms with Crippen molar-refractivity contribution >= 4 is 29.1 Å². The van der Waals surface area contributed by atoms with E-state index in [1.165, 1.54) is 12.8 Å². The number of carbonyl (C=O) groups excluding carboxylic acids is 2. The number of halogens is 1. The van der Waals surface area contributed by atoms with Gasteiger partial charge in [0.1, 0.15) is 0 Å². The van der Waals surface area contributed by atoms with Gasteiger partial charge < -0.3 is 10.2 Å². The molecule has 0 atom stereocenters. The molecule has 1 saturated heterocycles. The summed E-state index contributed by atoms with van der Waals surface area (Å²) in [5, 5.41) is 3.43. The number of anilines is 1. The fraction of sp³-hybridized carbons (Fsp3) is 0.579. The summed E-state index contributed by atoms with van der Waals surface area (Å²) in [6.45, 7) is 6.74. The number of likely N-dealkylation sites (tertiary alicyclic amines) is 1. The van der Waals surface area contributed by atoms with Gasteiger partial charge in [-0.2, -0.15) is 0 Å². The molecule has 0 spiro atoms. The number of hydrogen-bond donors (Lipinski definition) is 1. The van der Waals surface area contributed by atoms with Crippen molar-refractivity contribution in [2.24, 2.45) is 0 Å². The molecule has 0 saturated carbocycles. The van der Waals surface area contributed by atoms with Gasteiger partial charge in [0.2, 0.25) is 11.8 Å². The highest BCUT2D eigenvalue weighted by Crippen LogP contribution is 2.20. The number of hydrogen-bond acceptors (Lipinski definition) is 3. The van der Waals surface area contributed by atoms with Crippen molar-refractivity contribution in [2.45, 2.75) is 39.5 Å². The van der Waals surface area contributed by atoms with E-state index < -0.39 is 0 Å². The summed E-state index contributed by atoms with van der Waals surface area (Å²) in [6, 6.07) is 5.37. The highest BCUT2D eigenvalue weighted by Gasteiger charge is 2.19. The molecule has 1 N–H and O–H groups in total. The molecule has 1 aliphatic rings. The zero-order valence-corrected chi connectivity index (χ0v) is 15.9. The van der Waals surface area contributed by atoms with E-state index in [2.05, 4.69) is 10.2 Å². The van der Waals surface area contributed by atoms with Crippen molar-refractivity contribution in [3.05, 3.63) is 28.8 Å². The standard InChI is InChI=1S/C19H28ClN3O2/c1-3-23(19(25)14-22-10-6-4-5-7-11-22)13-18(24)21-17-12-16(20)9-8-15(17)2/h8-9,12H,3-7,10-11,13-14H2,1-2H3,(H,21,24). The number of carbonyl (C=O) groups is 2. The molecule has 138 valence electrons. The molecule has 1 heterocycles. The molecule has 25 heavy (non-hydrogen) atoms. The molecule has 0 radical (unpaired) electrons. The SMILES string of the molecule is CCN(CC(=O)Nc1cc(Cl)ccc1C)C(=O)CN1CCCCCC1. The number of nitrogens with one attached hydrogen (secondary N) is 1. The monoisotopic (exact) mass is 365 g/mol. The lowest BCUT2D eigenvalue weighted by Crippen LogP contribution is -2.44. The normalized spacial score (nSPS) is 15.5. The third-order valence-electron chi connectivity index (χ3n) is 4.60. The van der Waals surface area contributed by atoms with Gasteiger partial charge in [-0.3, -0.25) is 14.5 Å². The zero-order valence-electron chi connectivity index (χ0n) is 15.2. The Kier molecular flexibility index (Phi) is 7.72. The minimum Gasteiger partial charge on any atom is -0.333 e. The third kappa shape index (κ3) is 6.33. The zero-order chi connectivity index (χ0) is 18.2. The maximum Gasteiger partial charge on any atom is 0.244 e. The predicted molar refractivity (Wildman–Crippen MR) is 102 cm³/mol. The molecule has 1 fully saturated rings. The van der Waals surface area contributed by atoms with Crippen LogP contribution in [0.4, 0.5) is 5.69 Å². The summed E-state index contributed by atoms with van der Waals surface area (Å²) < 4.78 is 0. The molecule has 0 bridgehead atoms. The molecule has 6 heteroatoms. The van der Waals surface area contributed by atoms with Gasteiger partial charge >= 0.3 is 0 Å². The number of benzene rings is 1. The minimum atomic E-state index is -0.198.